The van der Waals surface area contributed by atoms with Gasteiger partial charge in [0.2, 0.25) is 0 Å². The summed E-state index contributed by atoms with van der Waals surface area (Å²) in [5.41, 5.74) is 1.08. The SMILES string of the molecule is C=C(C)C(=O)Nc1ccccc1C(=O)OCC(=O)c1ccc2c(c1)OCCO2. The molecule has 0 fully saturated rings. The van der Waals surface area contributed by atoms with Gasteiger partial charge in [0.25, 0.3) is 5.91 Å². The second kappa shape index (κ2) is 8.39. The largest absolute Gasteiger partial charge is 0.486 e. The fraction of sp³-hybridized carbons (Fsp3) is 0.190. The molecule has 1 aliphatic heterocycles. The van der Waals surface area contributed by atoms with Gasteiger partial charge in [0, 0.05) is 11.1 Å². The molecule has 1 aliphatic rings. The number of hydrogen-bond donors (Lipinski definition) is 1. The Morgan fingerprint density at radius 3 is 2.54 bits per heavy atom. The lowest BCUT2D eigenvalue weighted by atomic mass is 10.1. The first-order valence-electron chi connectivity index (χ1n) is 8.61. The van der Waals surface area contributed by atoms with Crippen LogP contribution in [0.25, 0.3) is 0 Å². The number of ether oxygens (including phenoxy) is 3. The zero-order valence-corrected chi connectivity index (χ0v) is 15.3. The molecule has 1 amide bonds. The maximum atomic E-state index is 12.4. The molecule has 0 saturated carbocycles. The Hall–Kier alpha value is -3.61. The van der Waals surface area contributed by atoms with E-state index in [0.29, 0.717) is 35.8 Å². The number of carbonyl (C=O) groups is 3. The molecule has 7 heteroatoms. The van der Waals surface area contributed by atoms with E-state index in [1.807, 2.05) is 0 Å². The average molecular weight is 381 g/mol. The number of carbonyl (C=O) groups excluding carboxylic acids is 3. The third-order valence-electron chi connectivity index (χ3n) is 3.98. The van der Waals surface area contributed by atoms with Gasteiger partial charge in [-0.05, 0) is 37.3 Å². The Morgan fingerprint density at radius 1 is 1.07 bits per heavy atom. The maximum absolute atomic E-state index is 12.4. The third-order valence-corrected chi connectivity index (χ3v) is 3.98. The lowest BCUT2D eigenvalue weighted by Crippen LogP contribution is -2.19. The average Bonchev–Trinajstić information content (AvgIpc) is 2.71. The van der Waals surface area contributed by atoms with Gasteiger partial charge < -0.3 is 19.5 Å². The van der Waals surface area contributed by atoms with Crippen molar-refractivity contribution >= 4 is 23.3 Å². The molecular formula is C21H19NO6. The Bertz CT molecular complexity index is 950. The molecule has 0 saturated heterocycles. The van der Waals surface area contributed by atoms with Crippen LogP contribution in [0.2, 0.25) is 0 Å². The lowest BCUT2D eigenvalue weighted by Gasteiger charge is -2.18. The van der Waals surface area contributed by atoms with E-state index in [1.54, 1.807) is 43.3 Å². The molecule has 3 rings (SSSR count). The summed E-state index contributed by atoms with van der Waals surface area (Å²) < 4.78 is 16.0. The Morgan fingerprint density at radius 2 is 1.79 bits per heavy atom. The van der Waals surface area contributed by atoms with Gasteiger partial charge in [-0.15, -0.1) is 0 Å². The minimum atomic E-state index is -0.719. The monoisotopic (exact) mass is 381 g/mol. The molecule has 0 atom stereocenters. The van der Waals surface area contributed by atoms with Gasteiger partial charge in [-0.2, -0.15) is 0 Å². The predicted molar refractivity (Wildman–Crippen MR) is 102 cm³/mol. The number of amides is 1. The Balaban J connectivity index is 1.66. The van der Waals surface area contributed by atoms with Crippen LogP contribution in [0, 0.1) is 0 Å². The minimum absolute atomic E-state index is 0.145. The lowest BCUT2D eigenvalue weighted by molar-refractivity contribution is -0.112. The molecule has 2 aromatic carbocycles. The van der Waals surface area contributed by atoms with E-state index < -0.39 is 18.5 Å². The summed E-state index contributed by atoms with van der Waals surface area (Å²) in [6.07, 6.45) is 0. The van der Waals surface area contributed by atoms with Crippen LogP contribution in [0.3, 0.4) is 0 Å². The molecular weight excluding hydrogens is 362 g/mol. The molecule has 28 heavy (non-hydrogen) atoms. The van der Waals surface area contributed by atoms with Gasteiger partial charge in [-0.1, -0.05) is 18.7 Å². The summed E-state index contributed by atoms with van der Waals surface area (Å²) in [5.74, 6) is -0.455. The van der Waals surface area contributed by atoms with Gasteiger partial charge in [0.05, 0.1) is 11.3 Å². The number of rotatable bonds is 6. The standard InChI is InChI=1S/C21H19NO6/c1-13(2)20(24)22-16-6-4-3-5-15(16)21(25)28-12-17(23)14-7-8-18-19(11-14)27-10-9-26-18/h3-8,11H,1,9-10,12H2,2H3,(H,22,24). The van der Waals surface area contributed by atoms with E-state index >= 15 is 0 Å². The van der Waals surface area contributed by atoms with Crippen LogP contribution < -0.4 is 14.8 Å². The highest BCUT2D eigenvalue weighted by molar-refractivity contribution is 6.07. The number of hydrogen-bond acceptors (Lipinski definition) is 6. The molecule has 7 nitrogen and oxygen atoms in total. The highest BCUT2D eigenvalue weighted by Crippen LogP contribution is 2.30. The van der Waals surface area contributed by atoms with E-state index in [-0.39, 0.29) is 17.0 Å². The second-order valence-electron chi connectivity index (χ2n) is 6.14. The number of esters is 1. The second-order valence-corrected chi connectivity index (χ2v) is 6.14. The summed E-state index contributed by atoms with van der Waals surface area (Å²) in [5, 5.41) is 2.59. The number of para-hydroxylation sites is 1. The topological polar surface area (TPSA) is 90.9 Å². The van der Waals surface area contributed by atoms with Crippen molar-refractivity contribution in [3.8, 4) is 11.5 Å². The van der Waals surface area contributed by atoms with Crippen molar-refractivity contribution < 1.29 is 28.6 Å². The number of Topliss-reactive ketones (excluding diaryl/α,β-unsaturated/α-hetero) is 1. The first kappa shape index (κ1) is 19.2. The fourth-order valence-corrected chi connectivity index (χ4v) is 2.51. The van der Waals surface area contributed by atoms with Crippen LogP contribution in [-0.2, 0) is 9.53 Å². The molecule has 1 heterocycles. The number of anilines is 1. The maximum Gasteiger partial charge on any atom is 0.340 e. The van der Waals surface area contributed by atoms with Crippen LogP contribution in [-0.4, -0.2) is 37.5 Å². The van der Waals surface area contributed by atoms with Gasteiger partial charge in [-0.3, -0.25) is 9.59 Å². The third kappa shape index (κ3) is 4.37. The molecule has 0 aliphatic carbocycles. The molecule has 0 aromatic heterocycles. The van der Waals surface area contributed by atoms with Crippen molar-refractivity contribution in [3.05, 3.63) is 65.7 Å². The van der Waals surface area contributed by atoms with Gasteiger partial charge >= 0.3 is 5.97 Å². The van der Waals surface area contributed by atoms with E-state index in [9.17, 15) is 14.4 Å². The van der Waals surface area contributed by atoms with E-state index in [4.69, 9.17) is 14.2 Å². The minimum Gasteiger partial charge on any atom is -0.486 e. The Kier molecular flexibility index (Phi) is 5.74. The number of fused-ring (bicyclic) bond motifs is 1. The smallest absolute Gasteiger partial charge is 0.340 e. The van der Waals surface area contributed by atoms with E-state index in [1.165, 1.54) is 6.07 Å². The molecule has 0 unspecified atom stereocenters. The summed E-state index contributed by atoms with van der Waals surface area (Å²) in [6, 6.07) is 11.2. The van der Waals surface area contributed by atoms with Gasteiger partial charge in [0.1, 0.15) is 13.2 Å². The van der Waals surface area contributed by atoms with Crippen LogP contribution in [0.4, 0.5) is 5.69 Å². The van der Waals surface area contributed by atoms with Gasteiger partial charge in [-0.25, -0.2) is 4.79 Å². The van der Waals surface area contributed by atoms with Crippen molar-refractivity contribution in [1.29, 1.82) is 0 Å². The zero-order chi connectivity index (χ0) is 20.1. The molecule has 0 radical (unpaired) electrons. The Labute approximate surface area is 161 Å². The first-order valence-corrected chi connectivity index (χ1v) is 8.61. The summed E-state index contributed by atoms with van der Waals surface area (Å²) in [7, 11) is 0. The molecule has 1 N–H and O–H groups in total. The van der Waals surface area contributed by atoms with Crippen molar-refractivity contribution in [2.45, 2.75) is 6.92 Å². The zero-order valence-electron chi connectivity index (χ0n) is 15.3. The van der Waals surface area contributed by atoms with E-state index in [2.05, 4.69) is 11.9 Å². The molecule has 0 spiro atoms. The predicted octanol–water partition coefficient (Wildman–Crippen LogP) is 3.01. The van der Waals surface area contributed by atoms with Crippen LogP contribution in [0.1, 0.15) is 27.6 Å². The van der Waals surface area contributed by atoms with Crippen LogP contribution in [0.5, 0.6) is 11.5 Å². The number of nitrogens with one attached hydrogen (secondary N) is 1. The van der Waals surface area contributed by atoms with Crippen molar-refractivity contribution in [3.63, 3.8) is 0 Å². The molecule has 144 valence electrons. The summed E-state index contributed by atoms with van der Waals surface area (Å²) >= 11 is 0. The number of ketones is 1. The highest BCUT2D eigenvalue weighted by atomic mass is 16.6. The van der Waals surface area contributed by atoms with Crippen molar-refractivity contribution in [2.75, 3.05) is 25.1 Å². The highest BCUT2D eigenvalue weighted by Gasteiger charge is 2.18. The number of benzene rings is 2. The van der Waals surface area contributed by atoms with E-state index in [0.717, 1.165) is 0 Å². The molecule has 2 aromatic rings. The summed E-state index contributed by atoms with van der Waals surface area (Å²) in [6.45, 7) is 5.54. The first-order chi connectivity index (χ1) is 13.5. The van der Waals surface area contributed by atoms with Crippen LogP contribution >= 0.6 is 0 Å². The van der Waals surface area contributed by atoms with Crippen molar-refractivity contribution in [2.24, 2.45) is 0 Å². The summed E-state index contributed by atoms with van der Waals surface area (Å²) in [4.78, 5) is 36.6. The normalized spacial score (nSPS) is 12.0. The van der Waals surface area contributed by atoms with Crippen molar-refractivity contribution in [1.82, 2.24) is 0 Å². The molecule has 0 bridgehead atoms. The van der Waals surface area contributed by atoms with Crippen LogP contribution in [0.15, 0.2) is 54.6 Å². The fourth-order valence-electron chi connectivity index (χ4n) is 2.51. The quantitative estimate of drug-likeness (QED) is 0.470. The van der Waals surface area contributed by atoms with Gasteiger partial charge in [0.15, 0.2) is 23.9 Å².